The zero-order valence-corrected chi connectivity index (χ0v) is 9.84. The first-order valence-electron chi connectivity index (χ1n) is 6.08. The highest BCUT2D eigenvalue weighted by atomic mass is 16.4. The predicted octanol–water partition coefficient (Wildman–Crippen LogP) is -0.206. The quantitative estimate of drug-likeness (QED) is 0.700. The lowest BCUT2D eigenvalue weighted by molar-refractivity contribution is -0.141. The maximum Gasteiger partial charge on any atom is 0.320 e. The number of carbonyl (C=O) groups is 2. The summed E-state index contributed by atoms with van der Waals surface area (Å²) >= 11 is 0. The summed E-state index contributed by atoms with van der Waals surface area (Å²) in [5.74, 6) is -0.801. The molecule has 2 amide bonds. The van der Waals surface area contributed by atoms with Gasteiger partial charge in [0.2, 0.25) is 0 Å². The van der Waals surface area contributed by atoms with E-state index in [0.717, 1.165) is 13.0 Å². The van der Waals surface area contributed by atoms with Crippen molar-refractivity contribution in [1.29, 1.82) is 0 Å². The molecule has 0 aromatic carbocycles. The van der Waals surface area contributed by atoms with E-state index in [0.29, 0.717) is 38.5 Å². The molecule has 2 fully saturated rings. The topological polar surface area (TPSA) is 86.9 Å². The summed E-state index contributed by atoms with van der Waals surface area (Å²) in [4.78, 5) is 26.4. The Morgan fingerprint density at radius 2 is 1.82 bits per heavy atom. The second-order valence-corrected chi connectivity index (χ2v) is 4.89. The van der Waals surface area contributed by atoms with Crippen LogP contribution in [0.5, 0.6) is 0 Å². The minimum atomic E-state index is -0.804. The molecule has 17 heavy (non-hydrogen) atoms. The summed E-state index contributed by atoms with van der Waals surface area (Å²) in [6, 6.07) is -0.0234. The Labute approximate surface area is 100 Å². The van der Waals surface area contributed by atoms with Gasteiger partial charge < -0.3 is 20.6 Å². The first kappa shape index (κ1) is 12.2. The van der Waals surface area contributed by atoms with Crippen LogP contribution < -0.4 is 5.73 Å². The molecule has 2 saturated heterocycles. The molecule has 0 radical (unpaired) electrons. The fourth-order valence-corrected chi connectivity index (χ4v) is 2.53. The number of aliphatic carboxylic acids is 1. The molecule has 0 spiro atoms. The Morgan fingerprint density at radius 3 is 2.35 bits per heavy atom. The van der Waals surface area contributed by atoms with E-state index in [1.807, 2.05) is 0 Å². The van der Waals surface area contributed by atoms with Crippen LogP contribution in [0.25, 0.3) is 0 Å². The van der Waals surface area contributed by atoms with Crippen molar-refractivity contribution in [3.63, 3.8) is 0 Å². The lowest BCUT2D eigenvalue weighted by Gasteiger charge is -2.24. The van der Waals surface area contributed by atoms with Crippen LogP contribution >= 0.6 is 0 Å². The molecule has 96 valence electrons. The van der Waals surface area contributed by atoms with Gasteiger partial charge in [0.05, 0.1) is 5.92 Å². The molecule has 0 aliphatic carbocycles. The summed E-state index contributed by atoms with van der Waals surface area (Å²) in [6.45, 7) is 2.97. The Kier molecular flexibility index (Phi) is 3.51. The van der Waals surface area contributed by atoms with Crippen molar-refractivity contribution in [2.75, 3.05) is 32.7 Å². The van der Waals surface area contributed by atoms with Crippen molar-refractivity contribution in [2.45, 2.75) is 12.8 Å². The minimum absolute atomic E-state index is 0.0234. The third-order valence-electron chi connectivity index (χ3n) is 3.70. The van der Waals surface area contributed by atoms with E-state index in [9.17, 15) is 9.59 Å². The van der Waals surface area contributed by atoms with Gasteiger partial charge in [0.25, 0.3) is 0 Å². The molecule has 2 aliphatic rings. The van der Waals surface area contributed by atoms with Gasteiger partial charge >= 0.3 is 12.0 Å². The highest BCUT2D eigenvalue weighted by molar-refractivity contribution is 5.77. The second-order valence-electron chi connectivity index (χ2n) is 4.89. The van der Waals surface area contributed by atoms with Crippen LogP contribution in [0.4, 0.5) is 4.79 Å². The van der Waals surface area contributed by atoms with Crippen molar-refractivity contribution in [2.24, 2.45) is 17.6 Å². The van der Waals surface area contributed by atoms with Gasteiger partial charge in [0, 0.05) is 26.2 Å². The van der Waals surface area contributed by atoms with Crippen LogP contribution in [0.2, 0.25) is 0 Å². The Morgan fingerprint density at radius 1 is 1.18 bits per heavy atom. The molecule has 2 heterocycles. The van der Waals surface area contributed by atoms with Crippen molar-refractivity contribution in [3.05, 3.63) is 0 Å². The van der Waals surface area contributed by atoms with Gasteiger partial charge in [0.15, 0.2) is 0 Å². The fraction of sp³-hybridized carbons (Fsp3) is 0.818. The molecule has 0 aromatic heterocycles. The van der Waals surface area contributed by atoms with E-state index in [-0.39, 0.29) is 6.03 Å². The summed E-state index contributed by atoms with van der Waals surface area (Å²) in [5, 5.41) is 8.89. The number of carbonyl (C=O) groups excluding carboxylic acids is 1. The molecule has 2 atom stereocenters. The molecular formula is C11H19N3O3. The van der Waals surface area contributed by atoms with Gasteiger partial charge in [-0.05, 0) is 25.3 Å². The first-order valence-corrected chi connectivity index (χ1v) is 6.08. The average molecular weight is 241 g/mol. The zero-order valence-electron chi connectivity index (χ0n) is 9.84. The SMILES string of the molecule is NCC1CCN(C(=O)N2CCC(C(=O)O)C2)C1. The summed E-state index contributed by atoms with van der Waals surface area (Å²) in [6.07, 6.45) is 1.52. The molecule has 0 bridgehead atoms. The minimum Gasteiger partial charge on any atom is -0.481 e. The number of nitrogens with two attached hydrogens (primary N) is 1. The number of nitrogens with zero attached hydrogens (tertiary/aromatic N) is 2. The normalized spacial score (nSPS) is 28.8. The Balaban J connectivity index is 1.87. The van der Waals surface area contributed by atoms with Gasteiger partial charge in [-0.15, -0.1) is 0 Å². The second kappa shape index (κ2) is 4.91. The van der Waals surface area contributed by atoms with Crippen LogP contribution in [-0.4, -0.2) is 59.6 Å². The van der Waals surface area contributed by atoms with E-state index in [4.69, 9.17) is 10.8 Å². The highest BCUT2D eigenvalue weighted by Crippen LogP contribution is 2.21. The van der Waals surface area contributed by atoms with E-state index in [1.54, 1.807) is 9.80 Å². The molecule has 6 nitrogen and oxygen atoms in total. The first-order chi connectivity index (χ1) is 8.11. The Bertz CT molecular complexity index is 321. The van der Waals surface area contributed by atoms with Crippen LogP contribution in [0, 0.1) is 11.8 Å². The maximum atomic E-state index is 12.1. The zero-order chi connectivity index (χ0) is 12.4. The number of urea groups is 1. The van der Waals surface area contributed by atoms with E-state index < -0.39 is 11.9 Å². The summed E-state index contributed by atoms with van der Waals surface area (Å²) in [7, 11) is 0. The van der Waals surface area contributed by atoms with Gasteiger partial charge in [-0.1, -0.05) is 0 Å². The van der Waals surface area contributed by atoms with E-state index in [1.165, 1.54) is 0 Å². The lowest BCUT2D eigenvalue weighted by Crippen LogP contribution is -2.41. The fourth-order valence-electron chi connectivity index (χ4n) is 2.53. The summed E-state index contributed by atoms with van der Waals surface area (Å²) < 4.78 is 0. The number of rotatable bonds is 2. The number of hydrogen-bond acceptors (Lipinski definition) is 3. The Hall–Kier alpha value is -1.30. The number of likely N-dealkylation sites (tertiary alicyclic amines) is 2. The van der Waals surface area contributed by atoms with Crippen LogP contribution in [-0.2, 0) is 4.79 Å². The van der Waals surface area contributed by atoms with E-state index >= 15 is 0 Å². The average Bonchev–Trinajstić information content (AvgIpc) is 2.97. The number of amides is 2. The largest absolute Gasteiger partial charge is 0.481 e. The number of carboxylic acids is 1. The van der Waals surface area contributed by atoms with Crippen LogP contribution in [0.3, 0.4) is 0 Å². The van der Waals surface area contributed by atoms with Crippen LogP contribution in [0.15, 0.2) is 0 Å². The van der Waals surface area contributed by atoms with Gasteiger partial charge in [0.1, 0.15) is 0 Å². The monoisotopic (exact) mass is 241 g/mol. The molecule has 0 aromatic rings. The molecule has 6 heteroatoms. The molecule has 2 rings (SSSR count). The highest BCUT2D eigenvalue weighted by Gasteiger charge is 2.35. The number of carboxylic acid groups (broad SMARTS) is 1. The van der Waals surface area contributed by atoms with Crippen molar-refractivity contribution in [3.8, 4) is 0 Å². The van der Waals surface area contributed by atoms with Crippen molar-refractivity contribution < 1.29 is 14.7 Å². The molecule has 0 saturated carbocycles. The lowest BCUT2D eigenvalue weighted by atomic mass is 10.1. The van der Waals surface area contributed by atoms with Crippen molar-refractivity contribution >= 4 is 12.0 Å². The van der Waals surface area contributed by atoms with Crippen molar-refractivity contribution in [1.82, 2.24) is 9.80 Å². The standard InChI is InChI=1S/C11H19N3O3/c12-5-8-1-3-13(6-8)11(17)14-4-2-9(7-14)10(15)16/h8-9H,1-7,12H2,(H,15,16). The number of hydrogen-bond donors (Lipinski definition) is 2. The summed E-state index contributed by atoms with van der Waals surface area (Å²) in [5.41, 5.74) is 5.58. The van der Waals surface area contributed by atoms with E-state index in [2.05, 4.69) is 0 Å². The molecule has 2 aliphatic heterocycles. The third kappa shape index (κ3) is 2.52. The predicted molar refractivity (Wildman–Crippen MR) is 61.4 cm³/mol. The third-order valence-corrected chi connectivity index (χ3v) is 3.70. The molecule has 3 N–H and O–H groups in total. The van der Waals surface area contributed by atoms with Crippen LogP contribution in [0.1, 0.15) is 12.8 Å². The maximum absolute atomic E-state index is 12.1. The van der Waals surface area contributed by atoms with Gasteiger partial charge in [-0.25, -0.2) is 4.79 Å². The van der Waals surface area contributed by atoms with Gasteiger partial charge in [-0.3, -0.25) is 4.79 Å². The van der Waals surface area contributed by atoms with Gasteiger partial charge in [-0.2, -0.15) is 0 Å². The smallest absolute Gasteiger partial charge is 0.320 e. The molecular weight excluding hydrogens is 222 g/mol. The molecule has 2 unspecified atom stereocenters.